The maximum absolute atomic E-state index is 12.2. The van der Waals surface area contributed by atoms with Gasteiger partial charge in [0.1, 0.15) is 12.4 Å². The normalized spacial score (nSPS) is 11.9. The SMILES string of the molecule is Cc1[nH][nH]c(=O)c1[C@H](CC(N)=O)c1cccc(OCc2ccccn2)c1. The summed E-state index contributed by atoms with van der Waals surface area (Å²) < 4.78 is 5.79. The average molecular weight is 352 g/mol. The molecule has 1 aromatic carbocycles. The van der Waals surface area contributed by atoms with Gasteiger partial charge in [-0.1, -0.05) is 18.2 Å². The summed E-state index contributed by atoms with van der Waals surface area (Å²) >= 11 is 0. The summed E-state index contributed by atoms with van der Waals surface area (Å²) in [5.74, 6) is -0.289. The molecule has 1 atom stereocenters. The summed E-state index contributed by atoms with van der Waals surface area (Å²) in [6, 6.07) is 12.9. The van der Waals surface area contributed by atoms with E-state index in [1.165, 1.54) is 0 Å². The Balaban J connectivity index is 1.88. The van der Waals surface area contributed by atoms with Crippen LogP contribution < -0.4 is 16.0 Å². The first-order chi connectivity index (χ1) is 12.5. The van der Waals surface area contributed by atoms with Gasteiger partial charge in [0.25, 0.3) is 5.56 Å². The van der Waals surface area contributed by atoms with Crippen LogP contribution in [0.25, 0.3) is 0 Å². The lowest BCUT2D eigenvalue weighted by molar-refractivity contribution is -0.118. The summed E-state index contributed by atoms with van der Waals surface area (Å²) in [6.07, 6.45) is 1.74. The Morgan fingerprint density at radius 3 is 2.73 bits per heavy atom. The van der Waals surface area contributed by atoms with E-state index < -0.39 is 11.8 Å². The molecule has 26 heavy (non-hydrogen) atoms. The summed E-state index contributed by atoms with van der Waals surface area (Å²) in [6.45, 7) is 2.11. The van der Waals surface area contributed by atoms with Gasteiger partial charge in [0, 0.05) is 29.8 Å². The number of primary amides is 1. The largest absolute Gasteiger partial charge is 0.487 e. The van der Waals surface area contributed by atoms with Crippen molar-refractivity contribution in [1.82, 2.24) is 15.2 Å². The number of hydrogen-bond acceptors (Lipinski definition) is 4. The highest BCUT2D eigenvalue weighted by Gasteiger charge is 2.23. The van der Waals surface area contributed by atoms with Crippen LogP contribution in [-0.4, -0.2) is 21.1 Å². The molecule has 0 unspecified atom stereocenters. The zero-order valence-electron chi connectivity index (χ0n) is 14.4. The zero-order chi connectivity index (χ0) is 18.5. The highest BCUT2D eigenvalue weighted by molar-refractivity contribution is 5.75. The lowest BCUT2D eigenvalue weighted by Gasteiger charge is -2.16. The fourth-order valence-electron chi connectivity index (χ4n) is 2.92. The van der Waals surface area contributed by atoms with Crippen LogP contribution in [0.2, 0.25) is 0 Å². The number of carbonyl (C=O) groups is 1. The third-order valence-corrected chi connectivity index (χ3v) is 4.14. The molecule has 1 amide bonds. The lowest BCUT2D eigenvalue weighted by Crippen LogP contribution is -2.20. The number of amides is 1. The third kappa shape index (κ3) is 4.00. The number of hydrogen-bond donors (Lipinski definition) is 3. The first kappa shape index (κ1) is 17.5. The number of ether oxygens (including phenoxy) is 1. The van der Waals surface area contributed by atoms with Gasteiger partial charge < -0.3 is 15.6 Å². The Morgan fingerprint density at radius 1 is 1.23 bits per heavy atom. The van der Waals surface area contributed by atoms with Crippen LogP contribution in [0.3, 0.4) is 0 Å². The van der Waals surface area contributed by atoms with Gasteiger partial charge in [-0.15, -0.1) is 0 Å². The topological polar surface area (TPSA) is 114 Å². The number of aromatic nitrogens is 3. The minimum atomic E-state index is -0.477. The highest BCUT2D eigenvalue weighted by Crippen LogP contribution is 2.29. The second-order valence-electron chi connectivity index (χ2n) is 6.02. The van der Waals surface area contributed by atoms with Crippen LogP contribution in [0.5, 0.6) is 5.75 Å². The van der Waals surface area contributed by atoms with E-state index in [9.17, 15) is 9.59 Å². The molecular formula is C19H20N4O3. The van der Waals surface area contributed by atoms with Crippen molar-refractivity contribution in [1.29, 1.82) is 0 Å². The van der Waals surface area contributed by atoms with Gasteiger partial charge in [-0.2, -0.15) is 0 Å². The minimum Gasteiger partial charge on any atom is -0.487 e. The van der Waals surface area contributed by atoms with Gasteiger partial charge in [-0.3, -0.25) is 19.7 Å². The minimum absolute atomic E-state index is 0.0332. The molecule has 0 aliphatic heterocycles. The standard InChI is InChI=1S/C19H20N4O3/c1-12-18(19(25)23-22-12)16(10-17(20)24)13-5-4-7-15(9-13)26-11-14-6-2-3-8-21-14/h2-9,16H,10-11H2,1H3,(H2,20,24)(H2,22,23,25)/t16-/m1/s1. The van der Waals surface area contributed by atoms with E-state index in [2.05, 4.69) is 15.2 Å². The molecule has 0 spiro atoms. The molecular weight excluding hydrogens is 332 g/mol. The van der Waals surface area contributed by atoms with Crippen molar-refractivity contribution in [3.8, 4) is 5.75 Å². The van der Waals surface area contributed by atoms with Crippen molar-refractivity contribution < 1.29 is 9.53 Å². The van der Waals surface area contributed by atoms with Gasteiger partial charge in [-0.25, -0.2) is 0 Å². The van der Waals surface area contributed by atoms with Crippen LogP contribution in [0.1, 0.15) is 34.9 Å². The molecule has 7 nitrogen and oxygen atoms in total. The molecule has 134 valence electrons. The Bertz CT molecular complexity index is 947. The molecule has 2 aromatic heterocycles. The zero-order valence-corrected chi connectivity index (χ0v) is 14.4. The predicted octanol–water partition coefficient (Wildman–Crippen LogP) is 1.99. The fraction of sp³-hybridized carbons (Fsp3) is 0.211. The number of rotatable bonds is 7. The maximum atomic E-state index is 12.2. The molecule has 0 aliphatic carbocycles. The van der Waals surface area contributed by atoms with E-state index in [-0.39, 0.29) is 12.0 Å². The van der Waals surface area contributed by atoms with Gasteiger partial charge in [0.15, 0.2) is 0 Å². The summed E-state index contributed by atoms with van der Waals surface area (Å²) in [4.78, 5) is 27.9. The van der Waals surface area contributed by atoms with Crippen LogP contribution in [0, 0.1) is 6.92 Å². The fourth-order valence-corrected chi connectivity index (χ4v) is 2.92. The van der Waals surface area contributed by atoms with E-state index in [0.29, 0.717) is 23.6 Å². The van der Waals surface area contributed by atoms with Crippen LogP contribution in [0.15, 0.2) is 53.5 Å². The van der Waals surface area contributed by atoms with Crippen molar-refractivity contribution >= 4 is 5.91 Å². The van der Waals surface area contributed by atoms with E-state index >= 15 is 0 Å². The third-order valence-electron chi connectivity index (χ3n) is 4.14. The van der Waals surface area contributed by atoms with Gasteiger partial charge >= 0.3 is 0 Å². The van der Waals surface area contributed by atoms with Crippen molar-refractivity contribution in [3.63, 3.8) is 0 Å². The number of aromatic amines is 2. The maximum Gasteiger partial charge on any atom is 0.267 e. The molecule has 2 heterocycles. The molecule has 0 radical (unpaired) electrons. The van der Waals surface area contributed by atoms with Gasteiger partial charge in [-0.05, 0) is 36.8 Å². The first-order valence-electron chi connectivity index (χ1n) is 8.22. The van der Waals surface area contributed by atoms with E-state index in [1.54, 1.807) is 13.1 Å². The molecule has 7 heteroatoms. The number of pyridine rings is 1. The van der Waals surface area contributed by atoms with Gasteiger partial charge in [0.05, 0.1) is 5.69 Å². The second kappa shape index (κ2) is 7.69. The Hall–Kier alpha value is -3.35. The van der Waals surface area contributed by atoms with E-state index in [1.807, 2.05) is 42.5 Å². The quantitative estimate of drug-likeness (QED) is 0.603. The Morgan fingerprint density at radius 2 is 2.08 bits per heavy atom. The second-order valence-corrected chi connectivity index (χ2v) is 6.02. The number of nitrogens with one attached hydrogen (secondary N) is 2. The molecule has 0 saturated carbocycles. The Kier molecular flexibility index (Phi) is 5.17. The number of H-pyrrole nitrogens is 2. The summed E-state index contributed by atoms with van der Waals surface area (Å²) in [5.41, 5.74) is 7.94. The number of nitrogens with zero attached hydrogens (tertiary/aromatic N) is 1. The van der Waals surface area contributed by atoms with Gasteiger partial charge in [0.2, 0.25) is 5.91 Å². The molecule has 3 aromatic rings. The van der Waals surface area contributed by atoms with Crippen LogP contribution in [-0.2, 0) is 11.4 Å². The van der Waals surface area contributed by atoms with Crippen LogP contribution >= 0.6 is 0 Å². The molecule has 0 bridgehead atoms. The molecule has 3 rings (SSSR count). The molecule has 4 N–H and O–H groups in total. The monoisotopic (exact) mass is 352 g/mol. The number of benzene rings is 1. The first-order valence-corrected chi connectivity index (χ1v) is 8.22. The molecule has 0 fully saturated rings. The molecule has 0 aliphatic rings. The number of carbonyl (C=O) groups excluding carboxylic acids is 1. The number of aryl methyl sites for hydroxylation is 1. The van der Waals surface area contributed by atoms with Crippen molar-refractivity contribution in [2.75, 3.05) is 0 Å². The average Bonchev–Trinajstić information content (AvgIpc) is 2.97. The molecule has 0 saturated heterocycles. The van der Waals surface area contributed by atoms with Crippen molar-refractivity contribution in [3.05, 3.63) is 81.5 Å². The predicted molar refractivity (Wildman–Crippen MR) is 96.8 cm³/mol. The summed E-state index contributed by atoms with van der Waals surface area (Å²) in [7, 11) is 0. The van der Waals surface area contributed by atoms with E-state index in [4.69, 9.17) is 10.5 Å². The number of nitrogens with two attached hydrogens (primary N) is 1. The van der Waals surface area contributed by atoms with Crippen molar-refractivity contribution in [2.24, 2.45) is 5.73 Å². The highest BCUT2D eigenvalue weighted by atomic mass is 16.5. The lowest BCUT2D eigenvalue weighted by atomic mass is 9.88. The smallest absolute Gasteiger partial charge is 0.267 e. The summed E-state index contributed by atoms with van der Waals surface area (Å²) in [5, 5.41) is 5.34. The van der Waals surface area contributed by atoms with E-state index in [0.717, 1.165) is 11.3 Å². The van der Waals surface area contributed by atoms with Crippen molar-refractivity contribution in [2.45, 2.75) is 25.9 Å². The van der Waals surface area contributed by atoms with Crippen LogP contribution in [0.4, 0.5) is 0 Å². The Labute approximate surface area is 150 Å².